The second-order valence-electron chi connectivity index (χ2n) is 6.67. The minimum absolute atomic E-state index is 0.0383. The molecule has 0 fully saturated rings. The first-order valence-corrected chi connectivity index (χ1v) is 10.7. The molecule has 0 radical (unpaired) electrons. The van der Waals surface area contributed by atoms with Crippen LogP contribution in [0.4, 0.5) is 5.69 Å². The summed E-state index contributed by atoms with van der Waals surface area (Å²) in [5.74, 6) is -0.0383. The molecule has 1 atom stereocenters. The maximum absolute atomic E-state index is 12.5. The summed E-state index contributed by atoms with van der Waals surface area (Å²) in [5.41, 5.74) is 4.23. The molecule has 0 aromatic heterocycles. The average molecular weight is 385 g/mol. The summed E-state index contributed by atoms with van der Waals surface area (Å²) in [4.78, 5) is 12.5. The Balaban J connectivity index is 1.96. The molecule has 3 rings (SSSR count). The lowest BCUT2D eigenvalue weighted by Crippen LogP contribution is -2.26. The van der Waals surface area contributed by atoms with Crippen LogP contribution in [0.25, 0.3) is 0 Å². The molecule has 6 nitrogen and oxygen atoms in total. The van der Waals surface area contributed by atoms with Crippen molar-refractivity contribution < 1.29 is 13.2 Å². The van der Waals surface area contributed by atoms with Crippen molar-refractivity contribution in [2.45, 2.75) is 32.7 Å². The molecule has 0 unspecified atom stereocenters. The molecule has 0 saturated carbocycles. The minimum Gasteiger partial charge on any atom is -0.284 e. The maximum atomic E-state index is 12.5. The van der Waals surface area contributed by atoms with Gasteiger partial charge in [0.2, 0.25) is 15.9 Å². The molecule has 0 bridgehead atoms. The van der Waals surface area contributed by atoms with E-state index in [1.54, 1.807) is 23.2 Å². The fourth-order valence-corrected chi connectivity index (χ4v) is 3.81. The van der Waals surface area contributed by atoms with Crippen molar-refractivity contribution in [2.75, 3.05) is 11.0 Å². The normalized spacial score (nSPS) is 16.9. The lowest BCUT2D eigenvalue weighted by atomic mass is 9.95. The number of anilines is 1. The van der Waals surface area contributed by atoms with E-state index in [0.29, 0.717) is 18.5 Å². The van der Waals surface area contributed by atoms with E-state index in [1.165, 1.54) is 0 Å². The van der Waals surface area contributed by atoms with Crippen molar-refractivity contribution in [3.8, 4) is 0 Å². The van der Waals surface area contributed by atoms with Gasteiger partial charge < -0.3 is 0 Å². The van der Waals surface area contributed by atoms with E-state index in [4.69, 9.17) is 0 Å². The zero-order valence-corrected chi connectivity index (χ0v) is 16.5. The number of hydrogen-bond acceptors (Lipinski definition) is 4. The number of rotatable bonds is 5. The Hall–Kier alpha value is -2.67. The van der Waals surface area contributed by atoms with Gasteiger partial charge in [-0.1, -0.05) is 43.3 Å². The molecular formula is C20H23N3O3S. The summed E-state index contributed by atoms with van der Waals surface area (Å²) in [5, 5.41) is 6.15. The number of amides is 1. The Morgan fingerprint density at radius 2 is 1.96 bits per heavy atom. The SMILES string of the molecule is CCC(=O)N1N=C(c2cccc(NS(C)(=O)=O)c2)C[C@@H]1c1ccccc1C. The fourth-order valence-electron chi connectivity index (χ4n) is 3.26. The lowest BCUT2D eigenvalue weighted by molar-refractivity contribution is -0.132. The van der Waals surface area contributed by atoms with Gasteiger partial charge in [-0.2, -0.15) is 5.10 Å². The van der Waals surface area contributed by atoms with Gasteiger partial charge in [0.05, 0.1) is 18.0 Å². The third-order valence-corrected chi connectivity index (χ3v) is 5.12. The van der Waals surface area contributed by atoms with Crippen molar-refractivity contribution in [2.24, 2.45) is 5.10 Å². The summed E-state index contributed by atoms with van der Waals surface area (Å²) in [6.07, 6.45) is 2.07. The van der Waals surface area contributed by atoms with E-state index in [0.717, 1.165) is 28.7 Å². The molecule has 1 N–H and O–H groups in total. The molecule has 1 aliphatic heterocycles. The van der Waals surface area contributed by atoms with Gasteiger partial charge in [0, 0.05) is 18.5 Å². The fraction of sp³-hybridized carbons (Fsp3) is 0.300. The molecule has 142 valence electrons. The Labute approximate surface area is 159 Å². The van der Waals surface area contributed by atoms with Crippen LogP contribution in [0.1, 0.15) is 42.5 Å². The molecular weight excluding hydrogens is 362 g/mol. The molecule has 27 heavy (non-hydrogen) atoms. The third kappa shape index (κ3) is 4.36. The van der Waals surface area contributed by atoms with E-state index in [9.17, 15) is 13.2 Å². The van der Waals surface area contributed by atoms with Crippen LogP contribution in [0.2, 0.25) is 0 Å². The standard InChI is InChI=1S/C20H23N3O3S/c1-4-20(24)23-19(17-11-6-5-8-14(17)2)13-18(21-23)15-9-7-10-16(12-15)22-27(3,25)26/h5-12,19,22H,4,13H2,1-3H3/t19-/m1/s1. The number of hydrogen-bond donors (Lipinski definition) is 1. The quantitative estimate of drug-likeness (QED) is 0.856. The molecule has 1 heterocycles. The Bertz CT molecular complexity index is 999. The van der Waals surface area contributed by atoms with Gasteiger partial charge in [0.1, 0.15) is 0 Å². The predicted molar refractivity (Wildman–Crippen MR) is 107 cm³/mol. The number of benzene rings is 2. The van der Waals surface area contributed by atoms with Gasteiger partial charge in [-0.05, 0) is 35.7 Å². The van der Waals surface area contributed by atoms with Crippen LogP contribution in [0.3, 0.4) is 0 Å². The second-order valence-corrected chi connectivity index (χ2v) is 8.42. The molecule has 0 aliphatic carbocycles. The van der Waals surface area contributed by atoms with Gasteiger partial charge >= 0.3 is 0 Å². The van der Waals surface area contributed by atoms with Crippen LogP contribution in [-0.2, 0) is 14.8 Å². The van der Waals surface area contributed by atoms with Crippen molar-refractivity contribution in [1.82, 2.24) is 5.01 Å². The van der Waals surface area contributed by atoms with E-state index in [1.807, 2.05) is 44.2 Å². The summed E-state index contributed by atoms with van der Waals surface area (Å²) >= 11 is 0. The van der Waals surface area contributed by atoms with E-state index in [2.05, 4.69) is 9.82 Å². The molecule has 0 spiro atoms. The summed E-state index contributed by atoms with van der Waals surface area (Å²) in [6.45, 7) is 3.85. The topological polar surface area (TPSA) is 78.8 Å². The molecule has 2 aromatic carbocycles. The summed E-state index contributed by atoms with van der Waals surface area (Å²) < 4.78 is 25.5. The largest absolute Gasteiger partial charge is 0.284 e. The van der Waals surface area contributed by atoms with Crippen molar-refractivity contribution in [3.05, 3.63) is 65.2 Å². The lowest BCUT2D eigenvalue weighted by Gasteiger charge is -2.23. The number of aryl methyl sites for hydroxylation is 1. The van der Waals surface area contributed by atoms with E-state index >= 15 is 0 Å². The molecule has 2 aromatic rings. The van der Waals surface area contributed by atoms with E-state index in [-0.39, 0.29) is 11.9 Å². The van der Waals surface area contributed by atoms with Crippen LogP contribution >= 0.6 is 0 Å². The van der Waals surface area contributed by atoms with Crippen LogP contribution in [0.15, 0.2) is 53.6 Å². The number of nitrogens with zero attached hydrogens (tertiary/aromatic N) is 2. The number of sulfonamides is 1. The van der Waals surface area contributed by atoms with Gasteiger partial charge in [0.15, 0.2) is 0 Å². The van der Waals surface area contributed by atoms with Crippen LogP contribution in [-0.4, -0.2) is 31.3 Å². The number of carbonyl (C=O) groups excluding carboxylic acids is 1. The Morgan fingerprint density at radius 3 is 2.63 bits per heavy atom. The van der Waals surface area contributed by atoms with Gasteiger partial charge in [-0.25, -0.2) is 13.4 Å². The van der Waals surface area contributed by atoms with Crippen molar-refractivity contribution in [3.63, 3.8) is 0 Å². The number of hydrazone groups is 1. The second kappa shape index (κ2) is 7.52. The van der Waals surface area contributed by atoms with Gasteiger partial charge in [0.25, 0.3) is 0 Å². The number of nitrogens with one attached hydrogen (secondary N) is 1. The minimum atomic E-state index is -3.36. The van der Waals surface area contributed by atoms with Crippen LogP contribution < -0.4 is 4.72 Å². The van der Waals surface area contributed by atoms with Crippen molar-refractivity contribution in [1.29, 1.82) is 0 Å². The average Bonchev–Trinajstić information content (AvgIpc) is 3.05. The monoisotopic (exact) mass is 385 g/mol. The zero-order valence-electron chi connectivity index (χ0n) is 15.6. The maximum Gasteiger partial charge on any atom is 0.242 e. The highest BCUT2D eigenvalue weighted by atomic mass is 32.2. The molecule has 0 saturated heterocycles. The van der Waals surface area contributed by atoms with Gasteiger partial charge in [-0.3, -0.25) is 9.52 Å². The highest BCUT2D eigenvalue weighted by Crippen LogP contribution is 2.35. The smallest absolute Gasteiger partial charge is 0.242 e. The molecule has 7 heteroatoms. The highest BCUT2D eigenvalue weighted by Gasteiger charge is 2.33. The van der Waals surface area contributed by atoms with Crippen molar-refractivity contribution >= 4 is 27.3 Å². The number of carbonyl (C=O) groups is 1. The first kappa shape index (κ1) is 19.1. The molecule has 1 amide bonds. The van der Waals surface area contributed by atoms with E-state index < -0.39 is 10.0 Å². The van der Waals surface area contributed by atoms with Gasteiger partial charge in [-0.15, -0.1) is 0 Å². The highest BCUT2D eigenvalue weighted by molar-refractivity contribution is 7.92. The third-order valence-electron chi connectivity index (χ3n) is 4.51. The Kier molecular flexibility index (Phi) is 5.32. The first-order chi connectivity index (χ1) is 12.8. The first-order valence-electron chi connectivity index (χ1n) is 8.82. The van der Waals surface area contributed by atoms with Crippen LogP contribution in [0.5, 0.6) is 0 Å². The zero-order chi connectivity index (χ0) is 19.6. The Morgan fingerprint density at radius 1 is 1.22 bits per heavy atom. The van der Waals surface area contributed by atoms with Crippen LogP contribution in [0, 0.1) is 6.92 Å². The molecule has 1 aliphatic rings. The predicted octanol–water partition coefficient (Wildman–Crippen LogP) is 3.45. The summed E-state index contributed by atoms with van der Waals surface area (Å²) in [7, 11) is -3.36. The summed E-state index contributed by atoms with van der Waals surface area (Å²) in [6, 6.07) is 14.9.